The summed E-state index contributed by atoms with van der Waals surface area (Å²) in [5.74, 6) is 0.751. The van der Waals surface area contributed by atoms with E-state index in [-0.39, 0.29) is 0 Å². The van der Waals surface area contributed by atoms with Crippen LogP contribution in [0.3, 0.4) is 0 Å². The first-order valence-electron chi connectivity index (χ1n) is 5.75. The molecule has 18 heavy (non-hydrogen) atoms. The minimum absolute atomic E-state index is 0.751. The van der Waals surface area contributed by atoms with Crippen LogP contribution in [0.2, 0.25) is 0 Å². The van der Waals surface area contributed by atoms with Crippen LogP contribution in [0, 0.1) is 6.92 Å². The van der Waals surface area contributed by atoms with Gasteiger partial charge in [-0.3, -0.25) is 0 Å². The Kier molecular flexibility index (Phi) is 2.61. The van der Waals surface area contributed by atoms with E-state index in [4.69, 9.17) is 0 Å². The van der Waals surface area contributed by atoms with Crippen molar-refractivity contribution < 1.29 is 0 Å². The molecule has 0 aliphatic carbocycles. The highest BCUT2D eigenvalue weighted by Crippen LogP contribution is 2.19. The Morgan fingerprint density at radius 2 is 1.61 bits per heavy atom. The summed E-state index contributed by atoms with van der Waals surface area (Å²) in [6, 6.07) is 18.0. The van der Waals surface area contributed by atoms with Gasteiger partial charge in [0.2, 0.25) is 0 Å². The van der Waals surface area contributed by atoms with Crippen molar-refractivity contribution in [1.29, 1.82) is 0 Å². The zero-order valence-electron chi connectivity index (χ0n) is 9.99. The van der Waals surface area contributed by atoms with Gasteiger partial charge < -0.3 is 0 Å². The SMILES string of the molecule is Cc1ccc(-c2nnnn2-c2ccccc2)cc1. The highest BCUT2D eigenvalue weighted by Gasteiger charge is 2.09. The molecule has 0 radical (unpaired) electrons. The zero-order valence-corrected chi connectivity index (χ0v) is 9.99. The van der Waals surface area contributed by atoms with E-state index in [1.807, 2.05) is 42.5 Å². The third-order valence-corrected chi connectivity index (χ3v) is 2.78. The second-order valence-electron chi connectivity index (χ2n) is 4.12. The Morgan fingerprint density at radius 1 is 0.889 bits per heavy atom. The maximum Gasteiger partial charge on any atom is 0.187 e. The van der Waals surface area contributed by atoms with Crippen LogP contribution < -0.4 is 0 Å². The number of aromatic nitrogens is 4. The van der Waals surface area contributed by atoms with E-state index in [1.54, 1.807) is 4.68 Å². The predicted molar refractivity (Wildman–Crippen MR) is 69.3 cm³/mol. The monoisotopic (exact) mass is 236 g/mol. The van der Waals surface area contributed by atoms with Gasteiger partial charge in [0.25, 0.3) is 0 Å². The van der Waals surface area contributed by atoms with Crippen LogP contribution in [0.15, 0.2) is 54.6 Å². The minimum Gasteiger partial charge on any atom is -0.193 e. The molecule has 0 unspecified atom stereocenters. The van der Waals surface area contributed by atoms with Gasteiger partial charge in [-0.15, -0.1) is 5.10 Å². The van der Waals surface area contributed by atoms with E-state index in [0.717, 1.165) is 17.1 Å². The van der Waals surface area contributed by atoms with Gasteiger partial charge in [-0.25, -0.2) is 0 Å². The lowest BCUT2D eigenvalue weighted by atomic mass is 10.1. The molecule has 0 N–H and O–H groups in total. The number of benzene rings is 2. The van der Waals surface area contributed by atoms with Gasteiger partial charge in [0.15, 0.2) is 5.82 Å². The summed E-state index contributed by atoms with van der Waals surface area (Å²) in [7, 11) is 0. The first-order chi connectivity index (χ1) is 8.84. The molecule has 2 aromatic carbocycles. The number of para-hydroxylation sites is 1. The quantitative estimate of drug-likeness (QED) is 0.687. The summed E-state index contributed by atoms with van der Waals surface area (Å²) < 4.78 is 1.74. The minimum atomic E-state index is 0.751. The number of aryl methyl sites for hydroxylation is 1. The molecule has 88 valence electrons. The second-order valence-corrected chi connectivity index (χ2v) is 4.12. The van der Waals surface area contributed by atoms with Crippen molar-refractivity contribution in [1.82, 2.24) is 20.2 Å². The molecule has 0 saturated heterocycles. The lowest BCUT2D eigenvalue weighted by Crippen LogP contribution is -1.99. The lowest BCUT2D eigenvalue weighted by molar-refractivity contribution is 0.791. The fourth-order valence-electron chi connectivity index (χ4n) is 1.81. The molecule has 0 bridgehead atoms. The summed E-state index contributed by atoms with van der Waals surface area (Å²) in [5.41, 5.74) is 3.19. The highest BCUT2D eigenvalue weighted by molar-refractivity contribution is 5.57. The van der Waals surface area contributed by atoms with Gasteiger partial charge >= 0.3 is 0 Å². The van der Waals surface area contributed by atoms with Crippen LogP contribution in [0.4, 0.5) is 0 Å². The van der Waals surface area contributed by atoms with E-state index in [2.05, 4.69) is 34.6 Å². The van der Waals surface area contributed by atoms with Gasteiger partial charge in [-0.2, -0.15) is 4.68 Å². The van der Waals surface area contributed by atoms with Gasteiger partial charge in [0.05, 0.1) is 5.69 Å². The normalized spacial score (nSPS) is 10.5. The summed E-state index contributed by atoms with van der Waals surface area (Å²) in [6.07, 6.45) is 0. The summed E-state index contributed by atoms with van der Waals surface area (Å²) >= 11 is 0. The maximum absolute atomic E-state index is 4.09. The van der Waals surface area contributed by atoms with E-state index in [1.165, 1.54) is 5.56 Å². The van der Waals surface area contributed by atoms with Crippen molar-refractivity contribution in [3.05, 3.63) is 60.2 Å². The molecule has 0 fully saturated rings. The van der Waals surface area contributed by atoms with Crippen LogP contribution in [0.25, 0.3) is 17.1 Å². The number of hydrogen-bond acceptors (Lipinski definition) is 3. The van der Waals surface area contributed by atoms with Crippen molar-refractivity contribution in [3.8, 4) is 17.1 Å². The van der Waals surface area contributed by atoms with E-state index in [0.29, 0.717) is 0 Å². The van der Waals surface area contributed by atoms with Crippen molar-refractivity contribution >= 4 is 0 Å². The average molecular weight is 236 g/mol. The third-order valence-electron chi connectivity index (χ3n) is 2.78. The molecule has 4 nitrogen and oxygen atoms in total. The van der Waals surface area contributed by atoms with Crippen LogP contribution >= 0.6 is 0 Å². The third kappa shape index (κ3) is 1.88. The smallest absolute Gasteiger partial charge is 0.187 e. The molecule has 4 heteroatoms. The van der Waals surface area contributed by atoms with Gasteiger partial charge in [0.1, 0.15) is 0 Å². The van der Waals surface area contributed by atoms with E-state index in [9.17, 15) is 0 Å². The van der Waals surface area contributed by atoms with Crippen LogP contribution in [0.5, 0.6) is 0 Å². The highest BCUT2D eigenvalue weighted by atomic mass is 15.5. The summed E-state index contributed by atoms with van der Waals surface area (Å²) in [5, 5.41) is 11.9. The number of rotatable bonds is 2. The van der Waals surface area contributed by atoms with Gasteiger partial charge in [0, 0.05) is 5.56 Å². The molecule has 3 aromatic rings. The Morgan fingerprint density at radius 3 is 2.33 bits per heavy atom. The van der Waals surface area contributed by atoms with Crippen LogP contribution in [-0.2, 0) is 0 Å². The standard InChI is InChI=1S/C14H12N4/c1-11-7-9-12(10-8-11)14-15-16-17-18(14)13-5-3-2-4-6-13/h2-10H,1H3. The molecule has 0 saturated carbocycles. The molecule has 0 amide bonds. The number of nitrogens with zero attached hydrogens (tertiary/aromatic N) is 4. The van der Waals surface area contributed by atoms with Gasteiger partial charge in [-0.05, 0) is 29.5 Å². The lowest BCUT2D eigenvalue weighted by Gasteiger charge is -2.04. The fourth-order valence-corrected chi connectivity index (χ4v) is 1.81. The fraction of sp³-hybridized carbons (Fsp3) is 0.0714. The number of tetrazole rings is 1. The van der Waals surface area contributed by atoms with Crippen LogP contribution in [-0.4, -0.2) is 20.2 Å². The first-order valence-corrected chi connectivity index (χ1v) is 5.75. The van der Waals surface area contributed by atoms with Crippen molar-refractivity contribution in [2.75, 3.05) is 0 Å². The molecule has 0 aliphatic heterocycles. The maximum atomic E-state index is 4.09. The van der Waals surface area contributed by atoms with Crippen molar-refractivity contribution in [2.45, 2.75) is 6.92 Å². The first kappa shape index (κ1) is 10.7. The van der Waals surface area contributed by atoms with Gasteiger partial charge in [-0.1, -0.05) is 48.0 Å². The molecule has 1 aromatic heterocycles. The molecule has 1 heterocycles. The van der Waals surface area contributed by atoms with Crippen molar-refractivity contribution in [3.63, 3.8) is 0 Å². The summed E-state index contributed by atoms with van der Waals surface area (Å²) in [6.45, 7) is 2.06. The van der Waals surface area contributed by atoms with E-state index >= 15 is 0 Å². The predicted octanol–water partition coefficient (Wildman–Crippen LogP) is 2.64. The Bertz CT molecular complexity index is 641. The Hall–Kier alpha value is -2.49. The second kappa shape index (κ2) is 4.41. The van der Waals surface area contributed by atoms with Crippen LogP contribution in [0.1, 0.15) is 5.56 Å². The molecule has 3 rings (SSSR count). The van der Waals surface area contributed by atoms with Crippen molar-refractivity contribution in [2.24, 2.45) is 0 Å². The largest absolute Gasteiger partial charge is 0.193 e. The average Bonchev–Trinajstić information content (AvgIpc) is 2.90. The molecule has 0 atom stereocenters. The van der Waals surface area contributed by atoms with E-state index < -0.39 is 0 Å². The molecular formula is C14H12N4. The molecule has 0 aliphatic rings. The molecular weight excluding hydrogens is 224 g/mol. The molecule has 0 spiro atoms. The summed E-state index contributed by atoms with van der Waals surface area (Å²) in [4.78, 5) is 0. The number of hydrogen-bond donors (Lipinski definition) is 0. The topological polar surface area (TPSA) is 43.6 Å². The zero-order chi connectivity index (χ0) is 12.4. The Labute approximate surface area is 105 Å². The Balaban J connectivity index is 2.10.